The highest BCUT2D eigenvalue weighted by Gasteiger charge is 2.32. The van der Waals surface area contributed by atoms with E-state index in [0.29, 0.717) is 5.75 Å². The van der Waals surface area contributed by atoms with Crippen LogP contribution in [0.25, 0.3) is 0 Å². The number of anilines is 1. The van der Waals surface area contributed by atoms with Gasteiger partial charge >= 0.3 is 0 Å². The van der Waals surface area contributed by atoms with Crippen molar-refractivity contribution in [3.05, 3.63) is 87.9 Å². The molecule has 0 N–H and O–H groups in total. The molecule has 0 atom stereocenters. The number of hydrogen-bond acceptors (Lipinski definition) is 4. The second-order valence-corrected chi connectivity index (χ2v) is 8.82. The average molecular weight is 450 g/mol. The van der Waals surface area contributed by atoms with E-state index in [4.69, 9.17) is 27.9 Å². The first-order valence-electron chi connectivity index (χ1n) is 8.49. The summed E-state index contributed by atoms with van der Waals surface area (Å²) in [4.78, 5) is 13.3. The number of methoxy groups -OCH3 is 1. The third-order valence-electron chi connectivity index (χ3n) is 4.22. The molecule has 3 aromatic carbocycles. The fourth-order valence-corrected chi connectivity index (χ4v) is 4.36. The normalized spacial score (nSPS) is 11.2. The van der Waals surface area contributed by atoms with Gasteiger partial charge in [-0.15, -0.1) is 0 Å². The van der Waals surface area contributed by atoms with E-state index >= 15 is 0 Å². The minimum Gasteiger partial charge on any atom is -0.497 e. The number of ether oxygens (including phenoxy) is 1. The summed E-state index contributed by atoms with van der Waals surface area (Å²) in [6.45, 7) is 1.85. The summed E-state index contributed by atoms with van der Waals surface area (Å²) in [6, 6.07) is 16.6. The van der Waals surface area contributed by atoms with E-state index < -0.39 is 15.9 Å². The van der Waals surface area contributed by atoms with Gasteiger partial charge in [-0.2, -0.15) is 4.31 Å². The number of sulfonamides is 1. The lowest BCUT2D eigenvalue weighted by molar-refractivity contribution is 0.101. The standard InChI is InChI=1S/C21H17Cl2NO4S/c1-14-3-10-18(11-4-14)29(26,27)24(16-6-8-17(28-2)9-7-16)21(25)15-5-12-19(22)20(23)13-15/h3-13H,1-2H3. The Labute approximate surface area is 179 Å². The van der Waals surface area contributed by atoms with Crippen molar-refractivity contribution in [1.29, 1.82) is 0 Å². The van der Waals surface area contributed by atoms with Gasteiger partial charge in [-0.05, 0) is 61.5 Å². The second-order valence-electron chi connectivity index (χ2n) is 6.21. The molecule has 8 heteroatoms. The molecule has 1 amide bonds. The Hall–Kier alpha value is -2.54. The maximum atomic E-state index is 13.4. The molecule has 3 aromatic rings. The van der Waals surface area contributed by atoms with E-state index in [1.165, 1.54) is 49.6 Å². The van der Waals surface area contributed by atoms with Gasteiger partial charge in [0, 0.05) is 5.56 Å². The maximum absolute atomic E-state index is 13.4. The average Bonchev–Trinajstić information content (AvgIpc) is 2.71. The number of nitrogens with zero attached hydrogens (tertiary/aromatic N) is 1. The molecule has 0 aliphatic carbocycles. The second kappa shape index (κ2) is 8.45. The molecule has 0 aliphatic heterocycles. The topological polar surface area (TPSA) is 63.7 Å². The molecule has 0 saturated heterocycles. The molecule has 150 valence electrons. The molecule has 0 unspecified atom stereocenters. The van der Waals surface area contributed by atoms with Crippen molar-refractivity contribution < 1.29 is 17.9 Å². The molecule has 0 aliphatic rings. The number of halogens is 2. The zero-order valence-electron chi connectivity index (χ0n) is 15.6. The molecule has 29 heavy (non-hydrogen) atoms. The predicted molar refractivity (Wildman–Crippen MR) is 115 cm³/mol. The van der Waals surface area contributed by atoms with E-state index in [2.05, 4.69) is 0 Å². The van der Waals surface area contributed by atoms with Gasteiger partial charge in [0.1, 0.15) is 5.75 Å². The largest absolute Gasteiger partial charge is 0.497 e. The fourth-order valence-electron chi connectivity index (χ4n) is 2.64. The SMILES string of the molecule is COc1ccc(N(C(=O)c2ccc(Cl)c(Cl)c2)S(=O)(=O)c2ccc(C)cc2)cc1. The first-order chi connectivity index (χ1) is 13.7. The van der Waals surface area contributed by atoms with Crippen LogP contribution in [0.1, 0.15) is 15.9 Å². The van der Waals surface area contributed by atoms with Crippen LogP contribution in [0, 0.1) is 6.92 Å². The molecule has 0 spiro atoms. The minimum atomic E-state index is -4.19. The Morgan fingerprint density at radius 3 is 2.07 bits per heavy atom. The Bertz CT molecular complexity index is 1140. The zero-order chi connectivity index (χ0) is 21.2. The lowest BCUT2D eigenvalue weighted by atomic mass is 10.2. The molecular weight excluding hydrogens is 433 g/mol. The summed E-state index contributed by atoms with van der Waals surface area (Å²) in [5.74, 6) is -0.224. The van der Waals surface area contributed by atoms with E-state index in [9.17, 15) is 13.2 Å². The highest BCUT2D eigenvalue weighted by Crippen LogP contribution is 2.30. The summed E-state index contributed by atoms with van der Waals surface area (Å²) >= 11 is 12.0. The van der Waals surface area contributed by atoms with E-state index in [1.54, 1.807) is 24.3 Å². The molecule has 0 saturated carbocycles. The summed E-state index contributed by atoms with van der Waals surface area (Å²) in [6.07, 6.45) is 0. The Kier molecular flexibility index (Phi) is 6.17. The molecule has 3 rings (SSSR count). The Balaban J connectivity index is 2.16. The van der Waals surface area contributed by atoms with Crippen molar-refractivity contribution >= 4 is 44.8 Å². The van der Waals surface area contributed by atoms with Crippen LogP contribution in [0.4, 0.5) is 5.69 Å². The van der Waals surface area contributed by atoms with Crippen LogP contribution >= 0.6 is 23.2 Å². The number of benzene rings is 3. The van der Waals surface area contributed by atoms with E-state index in [1.807, 2.05) is 6.92 Å². The molecule has 5 nitrogen and oxygen atoms in total. The van der Waals surface area contributed by atoms with Crippen LogP contribution in [0.15, 0.2) is 71.6 Å². The van der Waals surface area contributed by atoms with Crippen LogP contribution in [0.5, 0.6) is 5.75 Å². The zero-order valence-corrected chi connectivity index (χ0v) is 17.9. The fraction of sp³-hybridized carbons (Fsp3) is 0.0952. The quantitative estimate of drug-likeness (QED) is 0.526. The number of carbonyl (C=O) groups is 1. The molecule has 0 bridgehead atoms. The molecule has 0 radical (unpaired) electrons. The van der Waals surface area contributed by atoms with Crippen molar-refractivity contribution in [1.82, 2.24) is 0 Å². The molecule has 0 aromatic heterocycles. The van der Waals surface area contributed by atoms with Crippen molar-refractivity contribution in [2.45, 2.75) is 11.8 Å². The lowest BCUT2D eigenvalue weighted by Crippen LogP contribution is -2.37. The van der Waals surface area contributed by atoms with Gasteiger partial charge in [0.05, 0.1) is 27.7 Å². The van der Waals surface area contributed by atoms with Gasteiger partial charge < -0.3 is 4.74 Å². The van der Waals surface area contributed by atoms with E-state index in [-0.39, 0.29) is 26.2 Å². The van der Waals surface area contributed by atoms with Crippen molar-refractivity contribution in [3.8, 4) is 5.75 Å². The first kappa shape index (κ1) is 21.2. The highest BCUT2D eigenvalue weighted by atomic mass is 35.5. The van der Waals surface area contributed by atoms with Gasteiger partial charge in [0.2, 0.25) is 0 Å². The van der Waals surface area contributed by atoms with Crippen molar-refractivity contribution in [2.24, 2.45) is 0 Å². The van der Waals surface area contributed by atoms with Gasteiger partial charge in [0.25, 0.3) is 15.9 Å². The van der Waals surface area contributed by atoms with Gasteiger partial charge in [0.15, 0.2) is 0 Å². The Morgan fingerprint density at radius 1 is 0.897 bits per heavy atom. The van der Waals surface area contributed by atoms with Crippen molar-refractivity contribution in [2.75, 3.05) is 11.4 Å². The molecule has 0 heterocycles. The van der Waals surface area contributed by atoms with Crippen molar-refractivity contribution in [3.63, 3.8) is 0 Å². The third kappa shape index (κ3) is 4.40. The smallest absolute Gasteiger partial charge is 0.272 e. The third-order valence-corrected chi connectivity index (χ3v) is 6.68. The lowest BCUT2D eigenvalue weighted by Gasteiger charge is -2.23. The Morgan fingerprint density at radius 2 is 1.52 bits per heavy atom. The molecule has 0 fully saturated rings. The van der Waals surface area contributed by atoms with Gasteiger partial charge in [-0.25, -0.2) is 8.42 Å². The first-order valence-corrected chi connectivity index (χ1v) is 10.7. The van der Waals surface area contributed by atoms with Crippen LogP contribution in [0.3, 0.4) is 0 Å². The summed E-state index contributed by atoms with van der Waals surface area (Å²) in [5, 5.41) is 0.417. The van der Waals surface area contributed by atoms with Gasteiger partial charge in [-0.3, -0.25) is 4.79 Å². The van der Waals surface area contributed by atoms with Crippen LogP contribution in [-0.4, -0.2) is 21.4 Å². The summed E-state index contributed by atoms with van der Waals surface area (Å²) < 4.78 is 32.6. The summed E-state index contributed by atoms with van der Waals surface area (Å²) in [7, 11) is -2.70. The number of amides is 1. The monoisotopic (exact) mass is 449 g/mol. The van der Waals surface area contributed by atoms with Crippen LogP contribution in [-0.2, 0) is 10.0 Å². The molecular formula is C21H17Cl2NO4S. The number of carbonyl (C=O) groups excluding carboxylic acids is 1. The number of aryl methyl sites for hydroxylation is 1. The van der Waals surface area contributed by atoms with Gasteiger partial charge in [-0.1, -0.05) is 40.9 Å². The predicted octanol–water partition coefficient (Wildman–Crippen LogP) is 5.35. The van der Waals surface area contributed by atoms with Crippen LogP contribution in [0.2, 0.25) is 10.0 Å². The summed E-state index contributed by atoms with van der Waals surface area (Å²) in [5.41, 5.74) is 1.16. The number of rotatable bonds is 5. The maximum Gasteiger partial charge on any atom is 0.272 e. The number of hydrogen-bond donors (Lipinski definition) is 0. The van der Waals surface area contributed by atoms with Crippen LogP contribution < -0.4 is 9.04 Å². The minimum absolute atomic E-state index is 0.00710. The van der Waals surface area contributed by atoms with E-state index in [0.717, 1.165) is 9.87 Å². The highest BCUT2D eigenvalue weighted by molar-refractivity contribution is 7.93.